The average molecular weight is 230 g/mol. The van der Waals surface area contributed by atoms with Gasteiger partial charge in [0.1, 0.15) is 5.76 Å². The first kappa shape index (κ1) is 11.9. The quantitative estimate of drug-likeness (QED) is 0.877. The molecule has 0 atom stereocenters. The number of nitrogens with one attached hydrogen (secondary N) is 1. The van der Waals surface area contributed by atoms with Gasteiger partial charge in [-0.3, -0.25) is 0 Å². The fraction of sp³-hybridized carbons (Fsp3) is 0.357. The number of oxazole rings is 1. The first-order valence-corrected chi connectivity index (χ1v) is 5.83. The van der Waals surface area contributed by atoms with E-state index in [0.717, 1.165) is 18.2 Å². The maximum Gasteiger partial charge on any atom is 0.208 e. The van der Waals surface area contributed by atoms with Gasteiger partial charge in [-0.15, -0.1) is 0 Å². The van der Waals surface area contributed by atoms with Crippen LogP contribution in [0.25, 0.3) is 0 Å². The van der Waals surface area contributed by atoms with Crippen LogP contribution in [-0.2, 0) is 13.1 Å². The number of nitrogens with zero attached hydrogens (tertiary/aromatic N) is 1. The highest BCUT2D eigenvalue weighted by molar-refractivity contribution is 5.30. The third-order valence-corrected chi connectivity index (χ3v) is 2.77. The average Bonchev–Trinajstić information content (AvgIpc) is 2.69. The van der Waals surface area contributed by atoms with Gasteiger partial charge in [0.2, 0.25) is 5.89 Å². The first-order valence-electron chi connectivity index (χ1n) is 5.83. The van der Waals surface area contributed by atoms with Gasteiger partial charge >= 0.3 is 0 Å². The lowest BCUT2D eigenvalue weighted by atomic mass is 10.1. The van der Waals surface area contributed by atoms with Crippen molar-refractivity contribution in [3.05, 3.63) is 52.7 Å². The Balaban J connectivity index is 1.91. The van der Waals surface area contributed by atoms with Crippen molar-refractivity contribution in [1.82, 2.24) is 10.3 Å². The molecular weight excluding hydrogens is 212 g/mol. The number of hydrogen-bond acceptors (Lipinski definition) is 3. The molecule has 1 aromatic carbocycles. The van der Waals surface area contributed by atoms with Crippen LogP contribution in [0.5, 0.6) is 0 Å². The predicted molar refractivity (Wildman–Crippen MR) is 67.7 cm³/mol. The minimum Gasteiger partial charge on any atom is -0.445 e. The molecule has 0 unspecified atom stereocenters. The molecule has 3 heteroatoms. The third-order valence-electron chi connectivity index (χ3n) is 2.77. The largest absolute Gasteiger partial charge is 0.445 e. The Bertz CT molecular complexity index is 503. The summed E-state index contributed by atoms with van der Waals surface area (Å²) in [6.07, 6.45) is 1.74. The molecule has 90 valence electrons. The standard InChI is InChI=1S/C14H18N2O/c1-10-4-5-11(2)13(6-10)8-15-9-14-16-7-12(3)17-14/h4-7,15H,8-9H2,1-3H3. The monoisotopic (exact) mass is 230 g/mol. The Morgan fingerprint density at radius 1 is 1.18 bits per heavy atom. The van der Waals surface area contributed by atoms with E-state index in [4.69, 9.17) is 4.42 Å². The van der Waals surface area contributed by atoms with Crippen molar-refractivity contribution in [3.8, 4) is 0 Å². The van der Waals surface area contributed by atoms with Gasteiger partial charge in [-0.1, -0.05) is 23.8 Å². The van der Waals surface area contributed by atoms with E-state index in [0.29, 0.717) is 6.54 Å². The van der Waals surface area contributed by atoms with Crippen LogP contribution in [0.15, 0.2) is 28.8 Å². The highest BCUT2D eigenvalue weighted by atomic mass is 16.4. The molecule has 0 amide bonds. The molecule has 1 aromatic heterocycles. The minimum atomic E-state index is 0.668. The van der Waals surface area contributed by atoms with Crippen LogP contribution in [-0.4, -0.2) is 4.98 Å². The second-order valence-electron chi connectivity index (χ2n) is 4.40. The Morgan fingerprint density at radius 2 is 2.00 bits per heavy atom. The van der Waals surface area contributed by atoms with Gasteiger partial charge in [0.25, 0.3) is 0 Å². The molecule has 0 radical (unpaired) electrons. The van der Waals surface area contributed by atoms with Crippen LogP contribution in [0.3, 0.4) is 0 Å². The second-order valence-corrected chi connectivity index (χ2v) is 4.40. The topological polar surface area (TPSA) is 38.1 Å². The number of benzene rings is 1. The van der Waals surface area contributed by atoms with E-state index >= 15 is 0 Å². The van der Waals surface area contributed by atoms with E-state index in [1.54, 1.807) is 6.20 Å². The Morgan fingerprint density at radius 3 is 2.71 bits per heavy atom. The molecule has 17 heavy (non-hydrogen) atoms. The zero-order valence-electron chi connectivity index (χ0n) is 10.6. The molecule has 0 fully saturated rings. The molecule has 0 spiro atoms. The first-order chi connectivity index (χ1) is 8.15. The van der Waals surface area contributed by atoms with E-state index in [-0.39, 0.29) is 0 Å². The summed E-state index contributed by atoms with van der Waals surface area (Å²) in [6, 6.07) is 6.50. The van der Waals surface area contributed by atoms with Crippen molar-refractivity contribution in [2.45, 2.75) is 33.9 Å². The molecular formula is C14H18N2O. The van der Waals surface area contributed by atoms with Crippen LogP contribution in [0.2, 0.25) is 0 Å². The van der Waals surface area contributed by atoms with E-state index in [9.17, 15) is 0 Å². The summed E-state index contributed by atoms with van der Waals surface area (Å²) in [6.45, 7) is 7.66. The smallest absolute Gasteiger partial charge is 0.208 e. The van der Waals surface area contributed by atoms with Crippen LogP contribution in [0.4, 0.5) is 0 Å². The molecule has 2 aromatic rings. The van der Waals surface area contributed by atoms with Gasteiger partial charge in [0.15, 0.2) is 0 Å². The molecule has 0 saturated heterocycles. The number of hydrogen-bond donors (Lipinski definition) is 1. The minimum absolute atomic E-state index is 0.668. The Labute approximate surface area is 102 Å². The van der Waals surface area contributed by atoms with E-state index in [1.807, 2.05) is 6.92 Å². The van der Waals surface area contributed by atoms with Crippen LogP contribution >= 0.6 is 0 Å². The molecule has 2 rings (SSSR count). The lowest BCUT2D eigenvalue weighted by molar-refractivity contribution is 0.449. The summed E-state index contributed by atoms with van der Waals surface area (Å²) in [7, 11) is 0. The third kappa shape index (κ3) is 3.17. The molecule has 0 aliphatic rings. The molecule has 0 saturated carbocycles. The molecule has 3 nitrogen and oxygen atoms in total. The lowest BCUT2D eigenvalue weighted by Crippen LogP contribution is -2.13. The Hall–Kier alpha value is -1.61. The van der Waals surface area contributed by atoms with Gasteiger partial charge < -0.3 is 9.73 Å². The zero-order valence-corrected chi connectivity index (χ0v) is 10.6. The van der Waals surface area contributed by atoms with Crippen LogP contribution in [0.1, 0.15) is 28.3 Å². The van der Waals surface area contributed by atoms with E-state index in [1.165, 1.54) is 16.7 Å². The maximum absolute atomic E-state index is 5.40. The van der Waals surface area contributed by atoms with Gasteiger partial charge in [-0.2, -0.15) is 0 Å². The summed E-state index contributed by atoms with van der Waals surface area (Å²) in [5, 5.41) is 3.34. The number of rotatable bonds is 4. The van der Waals surface area contributed by atoms with Gasteiger partial charge in [0.05, 0.1) is 12.7 Å². The second kappa shape index (κ2) is 5.15. The van der Waals surface area contributed by atoms with Gasteiger partial charge in [-0.05, 0) is 31.9 Å². The zero-order chi connectivity index (χ0) is 12.3. The fourth-order valence-electron chi connectivity index (χ4n) is 1.78. The molecule has 0 aliphatic heterocycles. The highest BCUT2D eigenvalue weighted by Gasteiger charge is 2.01. The predicted octanol–water partition coefficient (Wildman–Crippen LogP) is 2.89. The summed E-state index contributed by atoms with van der Waals surface area (Å²) >= 11 is 0. The fourth-order valence-corrected chi connectivity index (χ4v) is 1.78. The molecule has 0 bridgehead atoms. The van der Waals surface area contributed by atoms with E-state index in [2.05, 4.69) is 42.3 Å². The van der Waals surface area contributed by atoms with Crippen molar-refractivity contribution in [1.29, 1.82) is 0 Å². The lowest BCUT2D eigenvalue weighted by Gasteiger charge is -2.07. The highest BCUT2D eigenvalue weighted by Crippen LogP contribution is 2.10. The summed E-state index contributed by atoms with van der Waals surface area (Å²) < 4.78 is 5.40. The van der Waals surface area contributed by atoms with Crippen molar-refractivity contribution >= 4 is 0 Å². The summed E-state index contributed by atoms with van der Waals surface area (Å²) in [4.78, 5) is 4.16. The maximum atomic E-state index is 5.40. The van der Waals surface area contributed by atoms with Crippen molar-refractivity contribution < 1.29 is 4.42 Å². The summed E-state index contributed by atoms with van der Waals surface area (Å²) in [5.74, 6) is 1.60. The summed E-state index contributed by atoms with van der Waals surface area (Å²) in [5.41, 5.74) is 3.93. The Kier molecular flexibility index (Phi) is 3.59. The normalized spacial score (nSPS) is 10.8. The van der Waals surface area contributed by atoms with Crippen molar-refractivity contribution in [2.24, 2.45) is 0 Å². The van der Waals surface area contributed by atoms with Gasteiger partial charge in [0, 0.05) is 6.54 Å². The van der Waals surface area contributed by atoms with Crippen molar-refractivity contribution in [3.63, 3.8) is 0 Å². The van der Waals surface area contributed by atoms with E-state index < -0.39 is 0 Å². The SMILES string of the molecule is Cc1ccc(C)c(CNCc2ncc(C)o2)c1. The molecule has 1 heterocycles. The number of aryl methyl sites for hydroxylation is 3. The molecule has 1 N–H and O–H groups in total. The van der Waals surface area contributed by atoms with Crippen LogP contribution in [0, 0.1) is 20.8 Å². The van der Waals surface area contributed by atoms with Crippen LogP contribution < -0.4 is 5.32 Å². The van der Waals surface area contributed by atoms with Crippen molar-refractivity contribution in [2.75, 3.05) is 0 Å². The molecule has 0 aliphatic carbocycles. The number of aromatic nitrogens is 1. The van der Waals surface area contributed by atoms with Gasteiger partial charge in [-0.25, -0.2) is 4.98 Å².